The van der Waals surface area contributed by atoms with Gasteiger partial charge in [-0.2, -0.15) is 0 Å². The van der Waals surface area contributed by atoms with Gasteiger partial charge in [-0.15, -0.1) is 0 Å². The molecule has 18 atom stereocenters. The maximum Gasteiger partial charge on any atom is 0.303 e. The van der Waals surface area contributed by atoms with Crippen LogP contribution in [0.1, 0.15) is 106 Å². The number of rotatable bonds is 10. The van der Waals surface area contributed by atoms with Gasteiger partial charge in [0, 0.05) is 46.3 Å². The van der Waals surface area contributed by atoms with Gasteiger partial charge in [-0.1, -0.05) is 39.8 Å². The highest BCUT2D eigenvalue weighted by Crippen LogP contribution is 2.77. The molecule has 0 aliphatic heterocycles. The first-order chi connectivity index (χ1) is 30.2. The Morgan fingerprint density at radius 1 is 0.631 bits per heavy atom. The maximum atomic E-state index is 18.0. The lowest BCUT2D eigenvalue weighted by molar-refractivity contribution is -0.211. The first kappa shape index (κ1) is 48.7. The average molecular weight is 967 g/mol. The summed E-state index contributed by atoms with van der Waals surface area (Å²) in [6, 6.07) is 0. The number of carboxylic acids is 2. The third kappa shape index (κ3) is 6.27. The maximum absolute atomic E-state index is 18.0. The molecule has 6 fully saturated rings. The van der Waals surface area contributed by atoms with Crippen molar-refractivity contribution in [2.75, 3.05) is 0 Å². The van der Waals surface area contributed by atoms with Crippen molar-refractivity contribution in [3.05, 3.63) is 47.6 Å². The highest BCUT2D eigenvalue weighted by molar-refractivity contribution is 9.14. The topological polar surface area (TPSA) is 183 Å². The molecule has 4 unspecified atom stereocenters. The average Bonchev–Trinajstić information content (AvgIpc) is 3.58. The molecule has 0 aromatic rings. The van der Waals surface area contributed by atoms with Crippen LogP contribution in [0, 0.1) is 68.0 Å². The number of fused-ring (bicyclic) bond motifs is 10. The Morgan fingerprint density at radius 3 is 1.32 bits per heavy atom. The van der Waals surface area contributed by atoms with Gasteiger partial charge in [0.2, 0.25) is 10.2 Å². The zero-order valence-electron chi connectivity index (χ0n) is 37.3. The molecule has 8 aliphatic rings. The van der Waals surface area contributed by atoms with Gasteiger partial charge in [0.05, 0.1) is 12.2 Å². The Balaban J connectivity index is 1.09. The fraction of sp³-hybridized carbons (Fsp3) is 0.708. The van der Waals surface area contributed by atoms with E-state index in [9.17, 15) is 39.6 Å². The zero-order valence-corrected chi connectivity index (χ0v) is 39.7. The van der Waals surface area contributed by atoms with Crippen molar-refractivity contribution in [3.8, 4) is 0 Å². The Hall–Kier alpha value is -2.73. The largest absolute Gasteiger partial charge is 0.481 e. The van der Waals surface area contributed by atoms with Crippen LogP contribution in [-0.4, -0.2) is 90.1 Å². The third-order valence-electron chi connectivity index (χ3n) is 19.4. The van der Waals surface area contributed by atoms with Gasteiger partial charge in [-0.3, -0.25) is 28.8 Å². The van der Waals surface area contributed by atoms with Gasteiger partial charge in [0.1, 0.15) is 12.3 Å². The molecule has 0 amide bonds. The molecule has 10 nitrogen and oxygen atoms in total. The summed E-state index contributed by atoms with van der Waals surface area (Å²) in [5.41, 5.74) is -13.7. The van der Waals surface area contributed by atoms with Crippen LogP contribution < -0.4 is 0 Å². The molecular weight excluding hydrogens is 909 g/mol. The standard InChI is InChI=1S/C48H58F4O10S3/c1-23-15-27-29-19-33(49)31-17-25(53)7-11-41(31,3)47(29,51)35(55)21-43(27,5)45(23,13-9-37(57)58)39(61)63-65-64-40(62)46(14-10-38(59)60)24(2)16-28-30-20-34(50)32-18-26(54)8-12-42(32,4)48(30,52)36(56)22-44(28,46)6/h7-8,11-12,17-18,23-24,27-30,33-36,55-56H,9-10,13-16,19-22H2,1-6H3,(H,57,58)(H,59,60)/t23-,24+,27?,28?,29?,30?,33+,34-,35+,36-,41-,42-,43-,44-,45+,46-,47+,48-/m0/s1. The number of aliphatic hydroxyl groups is 2. The Kier molecular flexibility index (Phi) is 11.9. The number of ketones is 2. The van der Waals surface area contributed by atoms with E-state index in [0.29, 0.717) is 21.6 Å². The molecule has 65 heavy (non-hydrogen) atoms. The molecule has 6 saturated carbocycles. The van der Waals surface area contributed by atoms with Gasteiger partial charge in [0.25, 0.3) is 0 Å². The van der Waals surface area contributed by atoms with Crippen molar-refractivity contribution in [1.29, 1.82) is 0 Å². The number of carbonyl (C=O) groups is 6. The Labute approximate surface area is 387 Å². The predicted molar refractivity (Wildman–Crippen MR) is 238 cm³/mol. The van der Waals surface area contributed by atoms with E-state index in [2.05, 4.69) is 0 Å². The molecule has 0 bridgehead atoms. The zero-order chi connectivity index (χ0) is 47.8. The minimum atomic E-state index is -2.42. The smallest absolute Gasteiger partial charge is 0.303 e. The molecule has 8 rings (SSSR count). The van der Waals surface area contributed by atoms with Crippen molar-refractivity contribution in [1.82, 2.24) is 0 Å². The van der Waals surface area contributed by atoms with Crippen molar-refractivity contribution >= 4 is 65.1 Å². The molecular formula is C48H58F4O10S3. The quantitative estimate of drug-likeness (QED) is 0.120. The number of hydrogen-bond donors (Lipinski definition) is 4. The van der Waals surface area contributed by atoms with Gasteiger partial charge >= 0.3 is 11.9 Å². The van der Waals surface area contributed by atoms with Gasteiger partial charge in [0.15, 0.2) is 22.9 Å². The molecule has 17 heteroatoms. The molecule has 0 radical (unpaired) electrons. The van der Waals surface area contributed by atoms with E-state index in [0.717, 1.165) is 22.0 Å². The summed E-state index contributed by atoms with van der Waals surface area (Å²) in [4.78, 5) is 79.3. The van der Waals surface area contributed by atoms with E-state index < -0.39 is 150 Å². The second kappa shape index (κ2) is 15.9. The fourth-order valence-corrected chi connectivity index (χ4v) is 20.6. The monoisotopic (exact) mass is 966 g/mol. The lowest BCUT2D eigenvalue weighted by Crippen LogP contribution is -2.69. The number of carbonyl (C=O) groups excluding carboxylic acids is 4. The van der Waals surface area contributed by atoms with Crippen LogP contribution in [0.25, 0.3) is 0 Å². The summed E-state index contributed by atoms with van der Waals surface area (Å²) in [7, 11) is 2.22. The number of alkyl halides is 4. The van der Waals surface area contributed by atoms with E-state index in [1.165, 1.54) is 38.2 Å². The van der Waals surface area contributed by atoms with Crippen LogP contribution >= 0.6 is 31.4 Å². The second-order valence-electron chi connectivity index (χ2n) is 21.5. The van der Waals surface area contributed by atoms with Crippen LogP contribution in [0.4, 0.5) is 17.6 Å². The second-order valence-corrected chi connectivity index (χ2v) is 25.4. The lowest BCUT2D eigenvalue weighted by atomic mass is 9.43. The van der Waals surface area contributed by atoms with Gasteiger partial charge in [-0.25, -0.2) is 17.6 Å². The summed E-state index contributed by atoms with van der Waals surface area (Å²) in [6.45, 7) is 9.98. The van der Waals surface area contributed by atoms with Crippen molar-refractivity contribution in [2.24, 2.45) is 68.0 Å². The summed E-state index contributed by atoms with van der Waals surface area (Å²) < 4.78 is 68.4. The minimum absolute atomic E-state index is 0.0473. The van der Waals surface area contributed by atoms with Gasteiger partial charge in [-0.05, 0) is 167 Å². The van der Waals surface area contributed by atoms with E-state index >= 15 is 27.2 Å². The fourth-order valence-electron chi connectivity index (χ4n) is 16.3. The van der Waals surface area contributed by atoms with E-state index in [4.69, 9.17) is 0 Å². The van der Waals surface area contributed by atoms with Crippen LogP contribution in [0.2, 0.25) is 0 Å². The van der Waals surface area contributed by atoms with Gasteiger partial charge < -0.3 is 20.4 Å². The highest BCUT2D eigenvalue weighted by Gasteiger charge is 2.78. The number of halogens is 4. The molecule has 0 aromatic carbocycles. The van der Waals surface area contributed by atoms with E-state index in [1.807, 2.05) is 0 Å². The molecule has 0 spiro atoms. The summed E-state index contributed by atoms with van der Waals surface area (Å²) >= 11 is 0. The number of hydrogen-bond acceptors (Lipinski definition) is 11. The van der Waals surface area contributed by atoms with Crippen molar-refractivity contribution < 1.29 is 66.8 Å². The van der Waals surface area contributed by atoms with E-state index in [-0.39, 0.29) is 62.5 Å². The van der Waals surface area contributed by atoms with Crippen LogP contribution in [0.3, 0.4) is 0 Å². The third-order valence-corrected chi connectivity index (χ3v) is 23.1. The Morgan fingerprint density at radius 2 is 0.985 bits per heavy atom. The van der Waals surface area contributed by atoms with Crippen LogP contribution in [0.15, 0.2) is 47.6 Å². The molecule has 0 aromatic heterocycles. The first-order valence-electron chi connectivity index (χ1n) is 22.6. The lowest BCUT2D eigenvalue weighted by Gasteiger charge is -2.63. The molecule has 0 saturated heterocycles. The molecule has 0 heterocycles. The van der Waals surface area contributed by atoms with Crippen molar-refractivity contribution in [2.45, 2.75) is 142 Å². The predicted octanol–water partition coefficient (Wildman–Crippen LogP) is 8.90. The van der Waals surface area contributed by atoms with E-state index in [1.54, 1.807) is 27.7 Å². The Bertz CT molecular complexity index is 2100. The number of carboxylic acid groups (broad SMARTS) is 2. The highest BCUT2D eigenvalue weighted by atomic mass is 33.5. The van der Waals surface area contributed by atoms with Crippen molar-refractivity contribution in [3.63, 3.8) is 0 Å². The summed E-state index contributed by atoms with van der Waals surface area (Å²) in [5, 5.41) is 42.9. The number of aliphatic hydroxyl groups excluding tert-OH is 2. The first-order valence-corrected chi connectivity index (χ1v) is 26.1. The molecule has 356 valence electrons. The van der Waals surface area contributed by atoms with Crippen LogP contribution in [-0.2, 0) is 28.8 Å². The molecule has 8 aliphatic carbocycles. The normalized spacial score (nSPS) is 49.4. The number of allylic oxidation sites excluding steroid dienone is 8. The SMILES string of the molecule is C[C@@H]1CC2C3C[C@H](F)C4=CC(=O)C=C[C@]4(C)[C@@]3(F)[C@@H](O)C[C@]2(C)[C@]1(CCC(=O)O)C(=O)SSSC(=O)[C@@]1(CCC(=O)O)[C@@H](C)CC2C3C[C@@H](F)C4=CC(=O)C=C[C@]4(C)[C@]3(F)[C@H](O)C[C@@]21C. The van der Waals surface area contributed by atoms with Crippen LogP contribution in [0.5, 0.6) is 0 Å². The summed E-state index contributed by atoms with van der Waals surface area (Å²) in [5.74, 6) is -8.11. The molecule has 4 N–H and O–H groups in total. The summed E-state index contributed by atoms with van der Waals surface area (Å²) in [6.07, 6.45) is -1.79. The number of aliphatic carboxylic acids is 2. The minimum Gasteiger partial charge on any atom is -0.481 e.